The summed E-state index contributed by atoms with van der Waals surface area (Å²) in [7, 11) is 0. The standard InChI is InChI=1S/C20H24N4OS/c1-12(2)19-21-22-20(26-19)23-8-7-16-17(23)11-18(25)24(16)15-9-13-5-3-4-6-14(13)10-15/h3-6,12,15-17H,7-11H2,1-2H3/t16-,17-/m0/s1. The molecule has 2 atom stereocenters. The lowest BCUT2D eigenvalue weighted by Gasteiger charge is -2.30. The normalized spacial score (nSPS) is 25.4. The lowest BCUT2D eigenvalue weighted by molar-refractivity contribution is -0.131. The van der Waals surface area contributed by atoms with E-state index in [-0.39, 0.29) is 6.04 Å². The van der Waals surface area contributed by atoms with Gasteiger partial charge in [-0.2, -0.15) is 0 Å². The van der Waals surface area contributed by atoms with Gasteiger partial charge in [-0.05, 0) is 30.4 Å². The highest BCUT2D eigenvalue weighted by atomic mass is 32.1. The lowest BCUT2D eigenvalue weighted by Crippen LogP contribution is -2.44. The first kappa shape index (κ1) is 16.2. The Balaban J connectivity index is 1.37. The van der Waals surface area contributed by atoms with Crippen LogP contribution in [-0.2, 0) is 17.6 Å². The van der Waals surface area contributed by atoms with Crippen molar-refractivity contribution in [2.24, 2.45) is 0 Å². The molecule has 6 heteroatoms. The molecule has 2 aromatic rings. The Kier molecular flexibility index (Phi) is 3.78. The molecule has 0 radical (unpaired) electrons. The van der Waals surface area contributed by atoms with Crippen LogP contribution in [0.5, 0.6) is 0 Å². The maximum Gasteiger partial charge on any atom is 0.225 e. The van der Waals surface area contributed by atoms with E-state index in [0.29, 0.717) is 30.3 Å². The summed E-state index contributed by atoms with van der Waals surface area (Å²) in [6, 6.07) is 9.55. The third-order valence-electron chi connectivity index (χ3n) is 6.13. The highest BCUT2D eigenvalue weighted by molar-refractivity contribution is 7.15. The number of fused-ring (bicyclic) bond motifs is 2. The van der Waals surface area contributed by atoms with Crippen LogP contribution in [0.4, 0.5) is 5.13 Å². The van der Waals surface area contributed by atoms with Gasteiger partial charge in [-0.15, -0.1) is 10.2 Å². The fourth-order valence-corrected chi connectivity index (χ4v) is 5.83. The van der Waals surface area contributed by atoms with Gasteiger partial charge in [-0.25, -0.2) is 0 Å². The lowest BCUT2D eigenvalue weighted by atomic mass is 10.1. The zero-order valence-corrected chi connectivity index (χ0v) is 16.1. The molecule has 0 unspecified atom stereocenters. The maximum absolute atomic E-state index is 12.9. The Labute approximate surface area is 158 Å². The van der Waals surface area contributed by atoms with Crippen molar-refractivity contribution in [3.05, 3.63) is 40.4 Å². The van der Waals surface area contributed by atoms with Crippen LogP contribution in [0.25, 0.3) is 0 Å². The number of nitrogens with zero attached hydrogens (tertiary/aromatic N) is 4. The summed E-state index contributed by atoms with van der Waals surface area (Å²) in [4.78, 5) is 17.4. The van der Waals surface area contributed by atoms with Crippen LogP contribution in [-0.4, -0.2) is 45.7 Å². The second kappa shape index (κ2) is 6.05. The number of benzene rings is 1. The van der Waals surface area contributed by atoms with Crippen molar-refractivity contribution in [1.82, 2.24) is 15.1 Å². The van der Waals surface area contributed by atoms with Gasteiger partial charge in [-0.3, -0.25) is 4.79 Å². The van der Waals surface area contributed by atoms with Gasteiger partial charge < -0.3 is 9.80 Å². The quantitative estimate of drug-likeness (QED) is 0.836. The van der Waals surface area contributed by atoms with E-state index in [1.807, 2.05) is 0 Å². The molecule has 1 amide bonds. The number of aromatic nitrogens is 2. The van der Waals surface area contributed by atoms with Crippen LogP contribution < -0.4 is 4.90 Å². The predicted molar refractivity (Wildman–Crippen MR) is 103 cm³/mol. The molecule has 3 heterocycles. The largest absolute Gasteiger partial charge is 0.341 e. The summed E-state index contributed by atoms with van der Waals surface area (Å²) in [6.07, 6.45) is 3.66. The molecular formula is C20H24N4OS. The van der Waals surface area contributed by atoms with Gasteiger partial charge in [0.05, 0.1) is 12.1 Å². The molecule has 2 fully saturated rings. The molecule has 5 rings (SSSR count). The Morgan fingerprint density at radius 3 is 2.46 bits per heavy atom. The summed E-state index contributed by atoms with van der Waals surface area (Å²) in [5.74, 6) is 0.717. The number of carbonyl (C=O) groups is 1. The molecule has 2 saturated heterocycles. The molecule has 3 aliphatic rings. The SMILES string of the molecule is CC(C)c1nnc(N2CC[C@H]3[C@@H]2CC(=O)N3C2Cc3ccccc3C2)s1. The topological polar surface area (TPSA) is 49.3 Å². The summed E-state index contributed by atoms with van der Waals surface area (Å²) in [6.45, 7) is 5.27. The predicted octanol–water partition coefficient (Wildman–Crippen LogP) is 3.01. The van der Waals surface area contributed by atoms with Gasteiger partial charge in [0, 0.05) is 24.9 Å². The Morgan fingerprint density at radius 2 is 1.81 bits per heavy atom. The molecule has 0 bridgehead atoms. The number of amides is 1. The van der Waals surface area contributed by atoms with Crippen molar-refractivity contribution in [3.63, 3.8) is 0 Å². The molecule has 2 aliphatic heterocycles. The second-order valence-electron chi connectivity index (χ2n) is 8.03. The monoisotopic (exact) mass is 368 g/mol. The molecule has 26 heavy (non-hydrogen) atoms. The highest BCUT2D eigenvalue weighted by Crippen LogP contribution is 2.40. The van der Waals surface area contributed by atoms with Gasteiger partial charge in [0.15, 0.2) is 0 Å². The van der Waals surface area contributed by atoms with Crippen LogP contribution in [0, 0.1) is 0 Å². The van der Waals surface area contributed by atoms with E-state index in [1.165, 1.54) is 11.1 Å². The van der Waals surface area contributed by atoms with Gasteiger partial charge in [-0.1, -0.05) is 49.4 Å². The highest BCUT2D eigenvalue weighted by Gasteiger charge is 2.50. The van der Waals surface area contributed by atoms with Crippen LogP contribution >= 0.6 is 11.3 Å². The summed E-state index contributed by atoms with van der Waals surface area (Å²) < 4.78 is 0. The number of likely N-dealkylation sites (tertiary alicyclic amines) is 1. The minimum atomic E-state index is 0.263. The zero-order valence-electron chi connectivity index (χ0n) is 15.3. The van der Waals surface area contributed by atoms with Crippen molar-refractivity contribution < 1.29 is 4.79 Å². The van der Waals surface area contributed by atoms with E-state index < -0.39 is 0 Å². The van der Waals surface area contributed by atoms with Crippen LogP contribution in [0.1, 0.15) is 48.7 Å². The third kappa shape index (κ3) is 2.46. The number of carbonyl (C=O) groups excluding carboxylic acids is 1. The van der Waals surface area contributed by atoms with Crippen molar-refractivity contribution in [2.45, 2.75) is 63.6 Å². The van der Waals surface area contributed by atoms with E-state index in [9.17, 15) is 4.79 Å². The first-order chi connectivity index (χ1) is 12.6. The van der Waals surface area contributed by atoms with Gasteiger partial charge in [0.1, 0.15) is 5.01 Å². The first-order valence-electron chi connectivity index (χ1n) is 9.60. The number of hydrogen-bond donors (Lipinski definition) is 0. The molecular weight excluding hydrogens is 344 g/mol. The van der Waals surface area contributed by atoms with Gasteiger partial charge >= 0.3 is 0 Å². The molecule has 0 N–H and O–H groups in total. The minimum Gasteiger partial charge on any atom is -0.341 e. The van der Waals surface area contributed by atoms with E-state index >= 15 is 0 Å². The Hall–Kier alpha value is -1.95. The van der Waals surface area contributed by atoms with Crippen molar-refractivity contribution in [1.29, 1.82) is 0 Å². The number of hydrogen-bond acceptors (Lipinski definition) is 5. The summed E-state index contributed by atoms with van der Waals surface area (Å²) in [5, 5.41) is 10.8. The molecule has 1 aliphatic carbocycles. The van der Waals surface area contributed by atoms with Gasteiger partial charge in [0.25, 0.3) is 0 Å². The second-order valence-corrected chi connectivity index (χ2v) is 9.02. The van der Waals surface area contributed by atoms with E-state index in [4.69, 9.17) is 0 Å². The van der Waals surface area contributed by atoms with Crippen LogP contribution in [0.3, 0.4) is 0 Å². The Bertz CT molecular complexity index is 823. The average molecular weight is 369 g/mol. The fraction of sp³-hybridized carbons (Fsp3) is 0.550. The molecule has 5 nitrogen and oxygen atoms in total. The average Bonchev–Trinajstić information content (AvgIpc) is 3.36. The van der Waals surface area contributed by atoms with Gasteiger partial charge in [0.2, 0.25) is 11.0 Å². The molecule has 0 saturated carbocycles. The molecule has 0 spiro atoms. The summed E-state index contributed by atoms with van der Waals surface area (Å²) in [5.41, 5.74) is 2.82. The molecule has 1 aromatic heterocycles. The van der Waals surface area contributed by atoms with Crippen molar-refractivity contribution in [3.8, 4) is 0 Å². The smallest absolute Gasteiger partial charge is 0.225 e. The fourth-order valence-electron chi connectivity index (χ4n) is 4.90. The van der Waals surface area contributed by atoms with Crippen LogP contribution in [0.15, 0.2) is 24.3 Å². The van der Waals surface area contributed by atoms with E-state index in [1.54, 1.807) is 11.3 Å². The van der Waals surface area contributed by atoms with E-state index in [0.717, 1.165) is 35.9 Å². The minimum absolute atomic E-state index is 0.263. The number of anilines is 1. The first-order valence-corrected chi connectivity index (χ1v) is 10.4. The Morgan fingerprint density at radius 1 is 1.08 bits per heavy atom. The van der Waals surface area contributed by atoms with Crippen LogP contribution in [0.2, 0.25) is 0 Å². The zero-order chi connectivity index (χ0) is 17.8. The summed E-state index contributed by atoms with van der Waals surface area (Å²) >= 11 is 1.69. The molecule has 136 valence electrons. The third-order valence-corrected chi connectivity index (χ3v) is 7.39. The van der Waals surface area contributed by atoms with Crippen molar-refractivity contribution in [2.75, 3.05) is 11.4 Å². The maximum atomic E-state index is 12.9. The number of rotatable bonds is 3. The van der Waals surface area contributed by atoms with E-state index in [2.05, 4.69) is 58.1 Å². The van der Waals surface area contributed by atoms with Crippen molar-refractivity contribution >= 4 is 22.4 Å². The molecule has 1 aromatic carbocycles.